The molecule has 4 heterocycles. The van der Waals surface area contributed by atoms with Crippen LogP contribution in [0.4, 0.5) is 24.7 Å². The molecule has 1 amide bonds. The fraction of sp³-hybridized carbons (Fsp3) is 0.458. The van der Waals surface area contributed by atoms with Crippen molar-refractivity contribution in [3.05, 3.63) is 47.1 Å². The van der Waals surface area contributed by atoms with Gasteiger partial charge in [0.1, 0.15) is 17.0 Å². The van der Waals surface area contributed by atoms with Crippen LogP contribution in [-0.4, -0.2) is 53.1 Å². The Labute approximate surface area is 199 Å². The molecule has 2 aliphatic heterocycles. The first-order valence-corrected chi connectivity index (χ1v) is 12.1. The first-order valence-electron chi connectivity index (χ1n) is 11.3. The summed E-state index contributed by atoms with van der Waals surface area (Å²) in [5.74, 6) is 0.665. The number of thiophene rings is 1. The zero-order valence-corrected chi connectivity index (χ0v) is 19.7. The number of anilines is 2. The van der Waals surface area contributed by atoms with Crippen molar-refractivity contribution < 1.29 is 18.0 Å². The third kappa shape index (κ3) is 5.02. The molecule has 0 aliphatic carbocycles. The summed E-state index contributed by atoms with van der Waals surface area (Å²) in [7, 11) is 0. The van der Waals surface area contributed by atoms with Gasteiger partial charge in [-0.3, -0.25) is 9.69 Å². The van der Waals surface area contributed by atoms with E-state index in [9.17, 15) is 18.0 Å². The molecule has 2 saturated heterocycles. The molecule has 0 saturated carbocycles. The standard InChI is InChI=1S/C24H26F3N5OS/c1-16(33)30-18-4-2-17(3-5-18)12-31-8-6-23(13-31)7-9-32(14-23)21-20-10-19(11-24(25,26)27)34-22(20)29-15-28-21/h2-5,10,15H,6-9,11-14H2,1H3,(H,30,33). The Kier molecular flexibility index (Phi) is 5.97. The molecule has 1 spiro atoms. The van der Waals surface area contributed by atoms with Crippen LogP contribution >= 0.6 is 11.3 Å². The van der Waals surface area contributed by atoms with Crippen molar-refractivity contribution in [1.82, 2.24) is 14.9 Å². The lowest BCUT2D eigenvalue weighted by molar-refractivity contribution is -0.126. The van der Waals surface area contributed by atoms with Crippen molar-refractivity contribution in [3.63, 3.8) is 0 Å². The minimum Gasteiger partial charge on any atom is -0.355 e. The van der Waals surface area contributed by atoms with E-state index in [1.54, 1.807) is 6.07 Å². The number of hydrogen-bond donors (Lipinski definition) is 1. The molecular formula is C24H26F3N5OS. The molecule has 2 fully saturated rings. The fourth-order valence-corrected chi connectivity index (χ4v) is 6.22. The van der Waals surface area contributed by atoms with Crippen molar-refractivity contribution in [2.45, 2.75) is 38.9 Å². The van der Waals surface area contributed by atoms with Gasteiger partial charge in [-0.1, -0.05) is 12.1 Å². The van der Waals surface area contributed by atoms with Crippen LogP contribution in [0.3, 0.4) is 0 Å². The van der Waals surface area contributed by atoms with Crippen molar-refractivity contribution in [3.8, 4) is 0 Å². The van der Waals surface area contributed by atoms with Gasteiger partial charge in [-0.2, -0.15) is 13.2 Å². The maximum absolute atomic E-state index is 12.9. The summed E-state index contributed by atoms with van der Waals surface area (Å²) in [5, 5.41) is 3.51. The van der Waals surface area contributed by atoms with Crippen molar-refractivity contribution >= 4 is 39.0 Å². The number of nitrogens with one attached hydrogen (secondary N) is 1. The van der Waals surface area contributed by atoms with Crippen LogP contribution < -0.4 is 10.2 Å². The van der Waals surface area contributed by atoms with Gasteiger partial charge in [0.2, 0.25) is 5.91 Å². The topological polar surface area (TPSA) is 61.4 Å². The average molecular weight is 490 g/mol. The predicted molar refractivity (Wildman–Crippen MR) is 127 cm³/mol. The van der Waals surface area contributed by atoms with Crippen LogP contribution in [0.2, 0.25) is 0 Å². The molecule has 0 bridgehead atoms. The fourth-order valence-electron chi connectivity index (χ4n) is 5.20. The SMILES string of the molecule is CC(=O)Nc1ccc(CN2CCC3(CCN(c4ncnc5sc(CC(F)(F)F)cc45)C3)C2)cc1. The number of rotatable bonds is 5. The molecule has 6 nitrogen and oxygen atoms in total. The maximum Gasteiger partial charge on any atom is 0.393 e. The van der Waals surface area contributed by atoms with Gasteiger partial charge in [0.15, 0.2) is 0 Å². The highest BCUT2D eigenvalue weighted by Crippen LogP contribution is 2.43. The van der Waals surface area contributed by atoms with E-state index in [2.05, 4.69) is 25.1 Å². The van der Waals surface area contributed by atoms with Crippen LogP contribution in [0, 0.1) is 5.41 Å². The summed E-state index contributed by atoms with van der Waals surface area (Å²) in [6.45, 7) is 6.03. The first kappa shape index (κ1) is 23.0. The lowest BCUT2D eigenvalue weighted by Crippen LogP contribution is -2.31. The minimum atomic E-state index is -4.23. The first-order chi connectivity index (χ1) is 16.2. The van der Waals surface area contributed by atoms with Crippen LogP contribution in [0.25, 0.3) is 10.2 Å². The molecule has 2 aliphatic rings. The van der Waals surface area contributed by atoms with Gasteiger partial charge in [0, 0.05) is 49.1 Å². The van der Waals surface area contributed by atoms with Crippen molar-refractivity contribution in [2.24, 2.45) is 5.41 Å². The van der Waals surface area contributed by atoms with Crippen molar-refractivity contribution in [1.29, 1.82) is 0 Å². The molecule has 1 unspecified atom stereocenters. The Bertz CT molecular complexity index is 1200. The molecule has 0 radical (unpaired) electrons. The minimum absolute atomic E-state index is 0.0833. The lowest BCUT2D eigenvalue weighted by atomic mass is 9.86. The molecule has 1 aromatic carbocycles. The van der Waals surface area contributed by atoms with E-state index in [1.165, 1.54) is 18.8 Å². The zero-order valence-electron chi connectivity index (χ0n) is 18.9. The number of amides is 1. The Morgan fingerprint density at radius 2 is 1.91 bits per heavy atom. The molecule has 10 heteroatoms. The van der Waals surface area contributed by atoms with Crippen LogP contribution in [0.5, 0.6) is 0 Å². The lowest BCUT2D eigenvalue weighted by Gasteiger charge is -2.25. The third-order valence-electron chi connectivity index (χ3n) is 6.67. The van der Waals surface area contributed by atoms with E-state index >= 15 is 0 Å². The van der Waals surface area contributed by atoms with E-state index in [4.69, 9.17) is 0 Å². The van der Waals surface area contributed by atoms with E-state index in [1.807, 2.05) is 24.3 Å². The monoisotopic (exact) mass is 489 g/mol. The van der Waals surface area contributed by atoms with Gasteiger partial charge in [-0.05, 0) is 43.1 Å². The molecule has 1 N–H and O–H groups in total. The largest absolute Gasteiger partial charge is 0.393 e. The second-order valence-corrected chi connectivity index (χ2v) is 10.5. The number of carbonyl (C=O) groups is 1. The van der Waals surface area contributed by atoms with E-state index in [0.29, 0.717) is 4.83 Å². The summed E-state index contributed by atoms with van der Waals surface area (Å²) >= 11 is 1.10. The summed E-state index contributed by atoms with van der Waals surface area (Å²) in [6, 6.07) is 9.55. The summed E-state index contributed by atoms with van der Waals surface area (Å²) in [6.07, 6.45) is -1.58. The quantitative estimate of drug-likeness (QED) is 0.555. The van der Waals surface area contributed by atoms with E-state index in [0.717, 1.165) is 73.8 Å². The van der Waals surface area contributed by atoms with Gasteiger partial charge in [0.25, 0.3) is 0 Å². The predicted octanol–water partition coefficient (Wildman–Crippen LogP) is 4.86. The van der Waals surface area contributed by atoms with E-state index < -0.39 is 12.6 Å². The van der Waals surface area contributed by atoms with Gasteiger partial charge in [-0.25, -0.2) is 9.97 Å². The zero-order chi connectivity index (χ0) is 23.9. The Hall–Kier alpha value is -2.72. The number of fused-ring (bicyclic) bond motifs is 1. The number of nitrogens with zero attached hydrogens (tertiary/aromatic N) is 4. The highest BCUT2D eigenvalue weighted by atomic mass is 32.1. The molecule has 2 aromatic heterocycles. The Morgan fingerprint density at radius 3 is 2.65 bits per heavy atom. The van der Waals surface area contributed by atoms with Crippen LogP contribution in [0.1, 0.15) is 30.2 Å². The molecule has 3 aromatic rings. The molecule has 180 valence electrons. The number of aromatic nitrogens is 2. The Balaban J connectivity index is 1.25. The number of benzene rings is 1. The summed E-state index contributed by atoms with van der Waals surface area (Å²) < 4.78 is 38.6. The van der Waals surface area contributed by atoms with Crippen LogP contribution in [0.15, 0.2) is 36.7 Å². The number of likely N-dealkylation sites (tertiary alicyclic amines) is 1. The number of halogens is 3. The normalized spacial score (nSPS) is 21.1. The summed E-state index contributed by atoms with van der Waals surface area (Å²) in [4.78, 5) is 25.4. The second-order valence-electron chi connectivity index (χ2n) is 9.43. The number of carbonyl (C=O) groups excluding carboxylic acids is 1. The maximum atomic E-state index is 12.9. The molecule has 34 heavy (non-hydrogen) atoms. The van der Waals surface area contributed by atoms with Crippen LogP contribution in [-0.2, 0) is 17.8 Å². The van der Waals surface area contributed by atoms with Gasteiger partial charge in [-0.15, -0.1) is 11.3 Å². The van der Waals surface area contributed by atoms with E-state index in [-0.39, 0.29) is 16.2 Å². The van der Waals surface area contributed by atoms with Gasteiger partial charge >= 0.3 is 6.18 Å². The smallest absolute Gasteiger partial charge is 0.355 e. The highest BCUT2D eigenvalue weighted by molar-refractivity contribution is 7.18. The van der Waals surface area contributed by atoms with Gasteiger partial charge in [0.05, 0.1) is 11.8 Å². The van der Waals surface area contributed by atoms with Gasteiger partial charge < -0.3 is 10.2 Å². The second kappa shape index (κ2) is 8.81. The summed E-state index contributed by atoms with van der Waals surface area (Å²) in [5.41, 5.74) is 2.16. The highest BCUT2D eigenvalue weighted by Gasteiger charge is 2.44. The average Bonchev–Trinajstić information content (AvgIpc) is 3.46. The van der Waals surface area contributed by atoms with Crippen molar-refractivity contribution in [2.75, 3.05) is 36.4 Å². The number of alkyl halides is 3. The third-order valence-corrected chi connectivity index (χ3v) is 7.71. The molecule has 1 atom stereocenters. The molecular weight excluding hydrogens is 463 g/mol. The Morgan fingerprint density at radius 1 is 1.15 bits per heavy atom. The number of hydrogen-bond acceptors (Lipinski definition) is 6. The molecule has 5 rings (SSSR count).